The number of benzene rings is 1. The molecule has 21 heavy (non-hydrogen) atoms. The lowest BCUT2D eigenvalue weighted by Crippen LogP contribution is -2.28. The fraction of sp³-hybridized carbons (Fsp3) is 0.375. The zero-order valence-electron chi connectivity index (χ0n) is 12.7. The lowest BCUT2D eigenvalue weighted by atomic mass is 10.1. The quantitative estimate of drug-likeness (QED) is 0.886. The van der Waals surface area contributed by atoms with Gasteiger partial charge in [-0.05, 0) is 38.0 Å². The molecule has 0 bridgehead atoms. The molecule has 1 N–H and O–H groups in total. The summed E-state index contributed by atoms with van der Waals surface area (Å²) in [5.41, 5.74) is 2.54. The summed E-state index contributed by atoms with van der Waals surface area (Å²) in [6.45, 7) is 5.10. The maximum absolute atomic E-state index is 12.2. The van der Waals surface area contributed by atoms with E-state index in [1.807, 2.05) is 44.2 Å². The number of hydrogen-bond donors (Lipinski definition) is 1. The number of aryl methyl sites for hydroxylation is 2. The molecule has 0 unspecified atom stereocenters. The zero-order chi connectivity index (χ0) is 15.2. The van der Waals surface area contributed by atoms with E-state index in [1.165, 1.54) is 0 Å². The minimum absolute atomic E-state index is 0.0904. The maximum atomic E-state index is 12.2. The first-order valence-electron chi connectivity index (χ1n) is 7.10. The van der Waals surface area contributed by atoms with Crippen LogP contribution in [0.4, 0.5) is 0 Å². The van der Waals surface area contributed by atoms with Crippen molar-refractivity contribution in [2.75, 3.05) is 13.7 Å². The zero-order valence-corrected chi connectivity index (χ0v) is 12.7. The smallest absolute Gasteiger partial charge is 0.269 e. The number of amides is 1. The minimum Gasteiger partial charge on any atom is -0.496 e. The number of nitrogens with zero attached hydrogens (tertiary/aromatic N) is 2. The van der Waals surface area contributed by atoms with E-state index in [1.54, 1.807) is 11.8 Å². The van der Waals surface area contributed by atoms with E-state index < -0.39 is 0 Å². The third-order valence-electron chi connectivity index (χ3n) is 3.31. The Balaban J connectivity index is 1.95. The largest absolute Gasteiger partial charge is 0.496 e. The van der Waals surface area contributed by atoms with Gasteiger partial charge in [-0.1, -0.05) is 18.2 Å². The maximum Gasteiger partial charge on any atom is 0.269 e. The highest BCUT2D eigenvalue weighted by Gasteiger charge is 2.12. The van der Waals surface area contributed by atoms with Crippen LogP contribution in [0.3, 0.4) is 0 Å². The molecule has 2 aromatic rings. The summed E-state index contributed by atoms with van der Waals surface area (Å²) in [6.07, 6.45) is 0.731. The first-order chi connectivity index (χ1) is 10.2. The van der Waals surface area contributed by atoms with Gasteiger partial charge in [0.15, 0.2) is 0 Å². The third-order valence-corrected chi connectivity index (χ3v) is 3.31. The molecule has 1 amide bonds. The van der Waals surface area contributed by atoms with Gasteiger partial charge < -0.3 is 10.1 Å². The summed E-state index contributed by atoms with van der Waals surface area (Å²) in [5.74, 6) is 0.758. The van der Waals surface area contributed by atoms with Gasteiger partial charge >= 0.3 is 0 Å². The molecule has 2 rings (SSSR count). The van der Waals surface area contributed by atoms with E-state index in [0.717, 1.165) is 23.4 Å². The lowest BCUT2D eigenvalue weighted by Gasteiger charge is -2.09. The molecule has 0 atom stereocenters. The topological polar surface area (TPSA) is 56.2 Å². The van der Waals surface area contributed by atoms with E-state index in [4.69, 9.17) is 4.74 Å². The van der Waals surface area contributed by atoms with Crippen LogP contribution in [-0.2, 0) is 13.0 Å². The SMILES string of the molecule is CCn1nc(C)cc1C(=O)NCCc1ccccc1OC. The number of para-hydroxylation sites is 1. The van der Waals surface area contributed by atoms with Crippen molar-refractivity contribution >= 4 is 5.91 Å². The first kappa shape index (κ1) is 15.1. The predicted molar refractivity (Wildman–Crippen MR) is 81.7 cm³/mol. The summed E-state index contributed by atoms with van der Waals surface area (Å²) in [5, 5.41) is 7.21. The standard InChI is InChI=1S/C16H21N3O2/c1-4-19-14(11-12(2)18-19)16(20)17-10-9-13-7-5-6-8-15(13)21-3/h5-8,11H,4,9-10H2,1-3H3,(H,17,20). The molecular formula is C16H21N3O2. The third kappa shape index (κ3) is 3.62. The van der Waals surface area contributed by atoms with Gasteiger partial charge in [0, 0.05) is 13.1 Å². The monoisotopic (exact) mass is 287 g/mol. The summed E-state index contributed by atoms with van der Waals surface area (Å²) in [4.78, 5) is 12.2. The molecule has 5 nitrogen and oxygen atoms in total. The number of rotatable bonds is 6. The van der Waals surface area contributed by atoms with Crippen LogP contribution >= 0.6 is 0 Å². The minimum atomic E-state index is -0.0904. The normalized spacial score (nSPS) is 10.4. The van der Waals surface area contributed by atoms with Crippen LogP contribution in [0.15, 0.2) is 30.3 Å². The average Bonchev–Trinajstić information content (AvgIpc) is 2.89. The van der Waals surface area contributed by atoms with E-state index in [2.05, 4.69) is 10.4 Å². The highest BCUT2D eigenvalue weighted by Crippen LogP contribution is 2.17. The van der Waals surface area contributed by atoms with Gasteiger partial charge in [-0.15, -0.1) is 0 Å². The van der Waals surface area contributed by atoms with E-state index in [0.29, 0.717) is 18.8 Å². The van der Waals surface area contributed by atoms with Gasteiger partial charge in [0.2, 0.25) is 0 Å². The number of methoxy groups -OCH3 is 1. The molecule has 1 aromatic heterocycles. The molecular weight excluding hydrogens is 266 g/mol. The predicted octanol–water partition coefficient (Wildman–Crippen LogP) is 2.19. The average molecular weight is 287 g/mol. The number of aromatic nitrogens is 2. The molecule has 1 heterocycles. The van der Waals surface area contributed by atoms with Gasteiger partial charge in [-0.25, -0.2) is 0 Å². The Morgan fingerprint density at radius 2 is 2.14 bits per heavy atom. The van der Waals surface area contributed by atoms with Crippen molar-refractivity contribution in [2.45, 2.75) is 26.8 Å². The molecule has 112 valence electrons. The fourth-order valence-electron chi connectivity index (χ4n) is 2.28. The molecule has 0 fully saturated rings. The van der Waals surface area contributed by atoms with Crippen LogP contribution in [0.25, 0.3) is 0 Å². The highest BCUT2D eigenvalue weighted by molar-refractivity contribution is 5.92. The second-order valence-corrected chi connectivity index (χ2v) is 4.80. The van der Waals surface area contributed by atoms with Crippen LogP contribution in [0, 0.1) is 6.92 Å². The van der Waals surface area contributed by atoms with Gasteiger partial charge in [0.05, 0.1) is 12.8 Å². The summed E-state index contributed by atoms with van der Waals surface area (Å²) >= 11 is 0. The Morgan fingerprint density at radius 3 is 2.86 bits per heavy atom. The van der Waals surface area contributed by atoms with Crippen molar-refractivity contribution in [3.63, 3.8) is 0 Å². The molecule has 1 aromatic carbocycles. The number of nitrogens with one attached hydrogen (secondary N) is 1. The van der Waals surface area contributed by atoms with Gasteiger partial charge in [-0.2, -0.15) is 5.10 Å². The van der Waals surface area contributed by atoms with E-state index in [-0.39, 0.29) is 5.91 Å². The Bertz CT molecular complexity index is 620. The molecule has 5 heteroatoms. The van der Waals surface area contributed by atoms with E-state index in [9.17, 15) is 4.79 Å². The van der Waals surface area contributed by atoms with Crippen molar-refractivity contribution in [3.05, 3.63) is 47.3 Å². The fourth-order valence-corrected chi connectivity index (χ4v) is 2.28. The number of carbonyl (C=O) groups is 1. The van der Waals surface area contributed by atoms with Crippen molar-refractivity contribution in [3.8, 4) is 5.75 Å². The van der Waals surface area contributed by atoms with Crippen molar-refractivity contribution in [2.24, 2.45) is 0 Å². The van der Waals surface area contributed by atoms with Crippen LogP contribution in [0.5, 0.6) is 5.75 Å². The van der Waals surface area contributed by atoms with Gasteiger partial charge in [0.1, 0.15) is 11.4 Å². The molecule has 0 aliphatic rings. The van der Waals surface area contributed by atoms with E-state index >= 15 is 0 Å². The van der Waals surface area contributed by atoms with Crippen LogP contribution in [0.1, 0.15) is 28.7 Å². The van der Waals surface area contributed by atoms with Gasteiger partial charge in [0.25, 0.3) is 5.91 Å². The first-order valence-corrected chi connectivity index (χ1v) is 7.10. The summed E-state index contributed by atoms with van der Waals surface area (Å²) < 4.78 is 7.02. The van der Waals surface area contributed by atoms with Crippen LogP contribution in [0.2, 0.25) is 0 Å². The van der Waals surface area contributed by atoms with Crippen LogP contribution in [-0.4, -0.2) is 29.3 Å². The molecule has 0 spiro atoms. The second kappa shape index (κ2) is 6.92. The highest BCUT2D eigenvalue weighted by atomic mass is 16.5. The lowest BCUT2D eigenvalue weighted by molar-refractivity contribution is 0.0943. The molecule has 0 aliphatic carbocycles. The Morgan fingerprint density at radius 1 is 1.38 bits per heavy atom. The molecule has 0 aliphatic heterocycles. The van der Waals surface area contributed by atoms with Gasteiger partial charge in [-0.3, -0.25) is 9.48 Å². The second-order valence-electron chi connectivity index (χ2n) is 4.80. The summed E-state index contributed by atoms with van der Waals surface area (Å²) in [6, 6.07) is 9.64. The molecule has 0 saturated carbocycles. The van der Waals surface area contributed by atoms with Crippen LogP contribution < -0.4 is 10.1 Å². The Labute approximate surface area is 124 Å². The number of hydrogen-bond acceptors (Lipinski definition) is 3. The van der Waals surface area contributed by atoms with Crippen molar-refractivity contribution < 1.29 is 9.53 Å². The van der Waals surface area contributed by atoms with Crippen molar-refractivity contribution in [1.82, 2.24) is 15.1 Å². The molecule has 0 radical (unpaired) electrons. The molecule has 0 saturated heterocycles. The van der Waals surface area contributed by atoms with Crippen molar-refractivity contribution in [1.29, 1.82) is 0 Å². The Kier molecular flexibility index (Phi) is 4.98. The number of ether oxygens (including phenoxy) is 1. The summed E-state index contributed by atoms with van der Waals surface area (Å²) in [7, 11) is 1.65. The number of carbonyl (C=O) groups excluding carboxylic acids is 1. The Hall–Kier alpha value is -2.30.